The van der Waals surface area contributed by atoms with Crippen molar-refractivity contribution in [2.24, 2.45) is 0 Å². The third kappa shape index (κ3) is 4.37. The Morgan fingerprint density at radius 1 is 1.15 bits per heavy atom. The highest BCUT2D eigenvalue weighted by atomic mass is 32.1. The van der Waals surface area contributed by atoms with Crippen LogP contribution in [0.4, 0.5) is 0 Å². The molecule has 0 aliphatic carbocycles. The number of thiocarbonyl (C=S) groups is 1. The minimum atomic E-state index is -0.293. The smallest absolute Gasteiger partial charge is 0.325 e. The number of aromatic nitrogens is 2. The Hall–Kier alpha value is -3.19. The molecule has 7 heteroatoms. The van der Waals surface area contributed by atoms with Gasteiger partial charge in [-0.15, -0.1) is 0 Å². The van der Waals surface area contributed by atoms with Crippen LogP contribution in [0.5, 0.6) is 0 Å². The molecule has 0 spiro atoms. The number of nitrogens with zero attached hydrogens (tertiary/aromatic N) is 3. The molecule has 2 aromatic heterocycles. The van der Waals surface area contributed by atoms with Crippen LogP contribution in [-0.4, -0.2) is 38.7 Å². The number of carbonyl (C=O) groups excluding carboxylic acids is 1. The van der Waals surface area contributed by atoms with Crippen molar-refractivity contribution in [3.8, 4) is 5.69 Å². The fourth-order valence-corrected chi connectivity index (χ4v) is 5.05. The third-order valence-corrected chi connectivity index (χ3v) is 6.56. The molecule has 6 nitrogen and oxygen atoms in total. The first-order valence-corrected chi connectivity index (χ1v) is 11.8. The van der Waals surface area contributed by atoms with Gasteiger partial charge in [0.1, 0.15) is 6.54 Å². The van der Waals surface area contributed by atoms with Gasteiger partial charge in [-0.25, -0.2) is 0 Å². The van der Waals surface area contributed by atoms with Gasteiger partial charge in [0.25, 0.3) is 0 Å². The summed E-state index contributed by atoms with van der Waals surface area (Å²) in [6.45, 7) is 8.66. The van der Waals surface area contributed by atoms with Crippen LogP contribution < -0.4 is 5.32 Å². The lowest BCUT2D eigenvalue weighted by atomic mass is 9.96. The van der Waals surface area contributed by atoms with E-state index in [0.717, 1.165) is 29.1 Å². The Morgan fingerprint density at radius 2 is 1.91 bits per heavy atom. The Labute approximate surface area is 200 Å². The summed E-state index contributed by atoms with van der Waals surface area (Å²) in [7, 11) is 0. The zero-order valence-corrected chi connectivity index (χ0v) is 20.4. The SMILES string of the molecule is CCOC(=O)CN1C(=S)NC(c2ccccn2)C1c1cc(C)n(-c2ccccc2CC)c1C. The molecule has 0 radical (unpaired) electrons. The summed E-state index contributed by atoms with van der Waals surface area (Å²) in [5, 5.41) is 3.94. The van der Waals surface area contributed by atoms with Crippen molar-refractivity contribution in [1.82, 2.24) is 19.8 Å². The molecule has 1 aromatic carbocycles. The summed E-state index contributed by atoms with van der Waals surface area (Å²) in [6, 6.07) is 16.2. The van der Waals surface area contributed by atoms with E-state index < -0.39 is 0 Å². The molecular formula is C26H30N4O2S. The summed E-state index contributed by atoms with van der Waals surface area (Å²) in [6.07, 6.45) is 2.73. The normalized spacial score (nSPS) is 17.8. The van der Waals surface area contributed by atoms with Crippen molar-refractivity contribution < 1.29 is 9.53 Å². The van der Waals surface area contributed by atoms with Crippen LogP contribution in [0.25, 0.3) is 5.69 Å². The lowest BCUT2D eigenvalue weighted by Crippen LogP contribution is -2.35. The highest BCUT2D eigenvalue weighted by Crippen LogP contribution is 2.41. The Kier molecular flexibility index (Phi) is 6.79. The molecule has 1 fully saturated rings. The van der Waals surface area contributed by atoms with Crippen molar-refractivity contribution >= 4 is 23.3 Å². The first-order valence-electron chi connectivity index (χ1n) is 11.4. The van der Waals surface area contributed by atoms with E-state index in [1.54, 1.807) is 6.20 Å². The van der Waals surface area contributed by atoms with E-state index in [2.05, 4.69) is 66.0 Å². The zero-order valence-electron chi connectivity index (χ0n) is 19.5. The van der Waals surface area contributed by atoms with Crippen LogP contribution in [0, 0.1) is 13.8 Å². The average molecular weight is 463 g/mol. The van der Waals surface area contributed by atoms with E-state index in [1.807, 2.05) is 30.0 Å². The zero-order chi connectivity index (χ0) is 23.5. The van der Waals surface area contributed by atoms with Crippen LogP contribution in [0.2, 0.25) is 0 Å². The van der Waals surface area contributed by atoms with Crippen LogP contribution in [-0.2, 0) is 16.0 Å². The Balaban J connectivity index is 1.83. The van der Waals surface area contributed by atoms with Crippen molar-refractivity contribution in [2.45, 2.75) is 46.2 Å². The topological polar surface area (TPSA) is 59.4 Å². The molecule has 2 unspecified atom stereocenters. The largest absolute Gasteiger partial charge is 0.465 e. The number of pyridine rings is 1. The molecular weight excluding hydrogens is 432 g/mol. The summed E-state index contributed by atoms with van der Waals surface area (Å²) < 4.78 is 7.55. The highest BCUT2D eigenvalue weighted by Gasteiger charge is 2.42. The Bertz CT molecular complexity index is 1160. The van der Waals surface area contributed by atoms with Gasteiger partial charge in [0.05, 0.1) is 24.4 Å². The van der Waals surface area contributed by atoms with E-state index in [4.69, 9.17) is 17.0 Å². The van der Waals surface area contributed by atoms with Gasteiger partial charge in [-0.3, -0.25) is 9.78 Å². The minimum Gasteiger partial charge on any atom is -0.465 e. The molecule has 0 amide bonds. The van der Waals surface area contributed by atoms with Gasteiger partial charge in [0, 0.05) is 23.3 Å². The van der Waals surface area contributed by atoms with E-state index in [0.29, 0.717) is 11.7 Å². The molecule has 2 atom stereocenters. The maximum Gasteiger partial charge on any atom is 0.325 e. The van der Waals surface area contributed by atoms with Crippen LogP contribution >= 0.6 is 12.2 Å². The van der Waals surface area contributed by atoms with Gasteiger partial charge < -0.3 is 19.5 Å². The lowest BCUT2D eigenvalue weighted by molar-refractivity contribution is -0.143. The fraction of sp³-hybridized carbons (Fsp3) is 0.346. The molecule has 33 heavy (non-hydrogen) atoms. The molecule has 1 aliphatic rings. The third-order valence-electron chi connectivity index (χ3n) is 6.20. The number of para-hydroxylation sites is 1. The average Bonchev–Trinajstić information content (AvgIpc) is 3.29. The second-order valence-corrected chi connectivity index (χ2v) is 8.59. The number of rotatable bonds is 7. The quantitative estimate of drug-likeness (QED) is 0.410. The van der Waals surface area contributed by atoms with Gasteiger partial charge in [0.15, 0.2) is 5.11 Å². The summed E-state index contributed by atoms with van der Waals surface area (Å²) in [5.74, 6) is -0.293. The molecule has 1 N–H and O–H groups in total. The maximum absolute atomic E-state index is 12.5. The molecule has 4 rings (SSSR count). The lowest BCUT2D eigenvalue weighted by Gasteiger charge is -2.27. The van der Waals surface area contributed by atoms with Crippen molar-refractivity contribution in [3.05, 3.63) is 82.9 Å². The number of carbonyl (C=O) groups is 1. The van der Waals surface area contributed by atoms with Gasteiger partial charge in [-0.2, -0.15) is 0 Å². The van der Waals surface area contributed by atoms with Gasteiger partial charge in [-0.1, -0.05) is 31.2 Å². The number of aryl methyl sites for hydroxylation is 2. The summed E-state index contributed by atoms with van der Waals surface area (Å²) in [4.78, 5) is 19.0. The molecule has 3 heterocycles. The van der Waals surface area contributed by atoms with Crippen LogP contribution in [0.15, 0.2) is 54.7 Å². The summed E-state index contributed by atoms with van der Waals surface area (Å²) in [5.41, 5.74) is 6.73. The van der Waals surface area contributed by atoms with Gasteiger partial charge >= 0.3 is 5.97 Å². The minimum absolute atomic E-state index is 0.0862. The fourth-order valence-electron chi connectivity index (χ4n) is 4.75. The predicted molar refractivity (Wildman–Crippen MR) is 133 cm³/mol. The highest BCUT2D eigenvalue weighted by molar-refractivity contribution is 7.80. The monoisotopic (exact) mass is 462 g/mol. The second kappa shape index (κ2) is 9.75. The van der Waals surface area contributed by atoms with Gasteiger partial charge in [0.2, 0.25) is 0 Å². The van der Waals surface area contributed by atoms with Gasteiger partial charge in [-0.05, 0) is 74.8 Å². The second-order valence-electron chi connectivity index (χ2n) is 8.20. The van der Waals surface area contributed by atoms with E-state index in [1.165, 1.54) is 11.3 Å². The first-order chi connectivity index (χ1) is 16.0. The van der Waals surface area contributed by atoms with E-state index in [-0.39, 0.29) is 24.6 Å². The molecule has 0 bridgehead atoms. The number of benzene rings is 1. The maximum atomic E-state index is 12.5. The van der Waals surface area contributed by atoms with E-state index >= 15 is 0 Å². The Morgan fingerprint density at radius 3 is 2.61 bits per heavy atom. The van der Waals surface area contributed by atoms with Crippen molar-refractivity contribution in [2.75, 3.05) is 13.2 Å². The van der Waals surface area contributed by atoms with E-state index in [9.17, 15) is 4.79 Å². The van der Waals surface area contributed by atoms with Crippen LogP contribution in [0.3, 0.4) is 0 Å². The molecule has 0 saturated carbocycles. The number of hydrogen-bond acceptors (Lipinski definition) is 4. The first kappa shape index (κ1) is 23.0. The standard InChI is InChI=1S/C26H30N4O2S/c1-5-19-11-7-8-13-22(19)30-17(3)15-20(18(30)4)25-24(21-12-9-10-14-27-21)28-26(33)29(25)16-23(31)32-6-2/h7-15,24-25H,5-6,16H2,1-4H3,(H,28,33). The summed E-state index contributed by atoms with van der Waals surface area (Å²) >= 11 is 5.69. The predicted octanol–water partition coefficient (Wildman–Crippen LogP) is 4.59. The molecule has 3 aromatic rings. The van der Waals surface area contributed by atoms with Crippen molar-refractivity contribution in [1.29, 1.82) is 0 Å². The molecule has 1 saturated heterocycles. The van der Waals surface area contributed by atoms with Crippen molar-refractivity contribution in [3.63, 3.8) is 0 Å². The number of esters is 1. The van der Waals surface area contributed by atoms with Crippen LogP contribution in [0.1, 0.15) is 54.1 Å². The number of hydrogen-bond donors (Lipinski definition) is 1. The number of ether oxygens (including phenoxy) is 1. The number of nitrogens with one attached hydrogen (secondary N) is 1. The molecule has 172 valence electrons. The molecule has 1 aliphatic heterocycles.